The number of rotatable bonds is 6. The van der Waals surface area contributed by atoms with E-state index in [0.717, 1.165) is 57.8 Å². The van der Waals surface area contributed by atoms with E-state index in [4.69, 9.17) is 34.8 Å². The van der Waals surface area contributed by atoms with Crippen LogP contribution >= 0.6 is 23.2 Å². The summed E-state index contributed by atoms with van der Waals surface area (Å²) < 4.78 is 14.2. The van der Waals surface area contributed by atoms with Crippen molar-refractivity contribution in [1.82, 2.24) is 14.8 Å². The smallest absolute Gasteiger partial charge is 0.151 e. The largest absolute Gasteiger partial charge is 0.382 e. The maximum atomic E-state index is 14.2. The summed E-state index contributed by atoms with van der Waals surface area (Å²) in [6, 6.07) is 7.66. The molecule has 184 valence electrons. The number of nitrogens with two attached hydrogens (primary N) is 2. The zero-order chi connectivity index (χ0) is 24.2. The molecule has 4 rings (SSSR count). The van der Waals surface area contributed by atoms with E-state index < -0.39 is 0 Å². The van der Waals surface area contributed by atoms with Crippen molar-refractivity contribution in [3.63, 3.8) is 0 Å². The lowest BCUT2D eigenvalue weighted by molar-refractivity contribution is 0.0607. The molecule has 0 amide bonds. The van der Waals surface area contributed by atoms with Crippen LogP contribution < -0.4 is 16.5 Å². The number of amidine groups is 1. The maximum absolute atomic E-state index is 14.2. The molecule has 2 aliphatic heterocycles. The quantitative estimate of drug-likeness (QED) is 0.268. The van der Waals surface area contributed by atoms with Crippen molar-refractivity contribution in [1.29, 1.82) is 0 Å². The number of benzene rings is 1. The highest BCUT2D eigenvalue weighted by atomic mass is 35.5. The Kier molecular flexibility index (Phi) is 8.14. The summed E-state index contributed by atoms with van der Waals surface area (Å²) in [5, 5.41) is 4.50. The molecule has 10 heteroatoms. The van der Waals surface area contributed by atoms with Gasteiger partial charge in [-0.15, -0.1) is 0 Å². The molecule has 0 saturated carbocycles. The van der Waals surface area contributed by atoms with E-state index in [9.17, 15) is 4.39 Å². The fourth-order valence-corrected chi connectivity index (χ4v) is 5.53. The fraction of sp³-hybridized carbons (Fsp3) is 0.500. The Morgan fingerprint density at radius 2 is 1.94 bits per heavy atom. The topological polar surface area (TPSA) is 87.0 Å². The summed E-state index contributed by atoms with van der Waals surface area (Å²) in [5.74, 6) is 6.02. The molecule has 34 heavy (non-hydrogen) atoms. The van der Waals surface area contributed by atoms with E-state index in [1.807, 2.05) is 0 Å². The molecule has 2 fully saturated rings. The van der Waals surface area contributed by atoms with Crippen LogP contribution in [0, 0.1) is 5.82 Å². The number of likely N-dealkylation sites (tertiary alicyclic amines) is 1. The van der Waals surface area contributed by atoms with Crippen molar-refractivity contribution in [2.45, 2.75) is 44.8 Å². The third kappa shape index (κ3) is 5.57. The van der Waals surface area contributed by atoms with Crippen LogP contribution in [0.1, 0.15) is 37.3 Å². The lowest BCUT2D eigenvalue weighted by atomic mass is 9.97. The van der Waals surface area contributed by atoms with Crippen LogP contribution in [0.2, 0.25) is 10.0 Å². The third-order valence-electron chi connectivity index (χ3n) is 6.99. The highest BCUT2D eigenvalue weighted by Gasteiger charge is 2.34. The van der Waals surface area contributed by atoms with Gasteiger partial charge < -0.3 is 16.5 Å². The zero-order valence-corrected chi connectivity index (χ0v) is 20.9. The van der Waals surface area contributed by atoms with E-state index in [1.54, 1.807) is 24.4 Å². The standard InChI is InChI=1S/C24H32Cl2FN7/c1-2-19-15-33(24-21(26)11-17(13-30-24)23(28)31-29)9-10-34(19)20-5-7-32(8-6-20)14-16-3-4-18(25)12-22(16)27/h3-4,11-13,19-20H,2,5-10,14-15,29H2,1H3,(H2,28,31)/t19-/m0/s1. The number of nitrogens with zero attached hydrogens (tertiary/aromatic N) is 5. The highest BCUT2D eigenvalue weighted by molar-refractivity contribution is 6.33. The first kappa shape index (κ1) is 25.0. The average molecular weight is 508 g/mol. The van der Waals surface area contributed by atoms with Crippen molar-refractivity contribution in [3.05, 3.63) is 57.5 Å². The first-order valence-electron chi connectivity index (χ1n) is 11.8. The Hall–Kier alpha value is -2.13. The van der Waals surface area contributed by atoms with Gasteiger partial charge in [0.25, 0.3) is 0 Å². The van der Waals surface area contributed by atoms with Crippen LogP contribution in [0.25, 0.3) is 0 Å². The van der Waals surface area contributed by atoms with Gasteiger partial charge in [0.1, 0.15) is 11.6 Å². The summed E-state index contributed by atoms with van der Waals surface area (Å²) in [6.45, 7) is 7.47. The molecule has 0 bridgehead atoms. The van der Waals surface area contributed by atoms with Gasteiger partial charge >= 0.3 is 0 Å². The molecule has 3 heterocycles. The first-order valence-corrected chi connectivity index (χ1v) is 12.5. The minimum absolute atomic E-state index is 0.211. The molecule has 0 radical (unpaired) electrons. The Bertz CT molecular complexity index is 1030. The number of anilines is 1. The number of piperidine rings is 1. The van der Waals surface area contributed by atoms with Crippen LogP contribution in [0.15, 0.2) is 35.6 Å². The number of hydrazone groups is 1. The van der Waals surface area contributed by atoms with Gasteiger partial charge in [-0.2, -0.15) is 5.10 Å². The average Bonchev–Trinajstić information content (AvgIpc) is 2.85. The summed E-state index contributed by atoms with van der Waals surface area (Å²) >= 11 is 12.4. The van der Waals surface area contributed by atoms with Crippen LogP contribution in [-0.4, -0.2) is 65.4 Å². The van der Waals surface area contributed by atoms with E-state index in [1.165, 1.54) is 6.07 Å². The van der Waals surface area contributed by atoms with Crippen LogP contribution in [-0.2, 0) is 6.54 Å². The molecule has 2 saturated heterocycles. The lowest BCUT2D eigenvalue weighted by Gasteiger charge is -2.47. The Labute approximate surface area is 210 Å². The highest BCUT2D eigenvalue weighted by Crippen LogP contribution is 2.30. The molecular weight excluding hydrogens is 476 g/mol. The van der Waals surface area contributed by atoms with Gasteiger partial charge in [-0.3, -0.25) is 9.80 Å². The summed E-state index contributed by atoms with van der Waals surface area (Å²) in [5.41, 5.74) is 7.11. The summed E-state index contributed by atoms with van der Waals surface area (Å²) in [4.78, 5) is 11.8. The number of halogens is 3. The monoisotopic (exact) mass is 507 g/mol. The number of hydrogen-bond donors (Lipinski definition) is 2. The molecule has 0 aliphatic carbocycles. The number of hydrogen-bond acceptors (Lipinski definition) is 6. The SMILES string of the molecule is CC[C@H]1CN(c2ncc(C(N)=NN)cc2Cl)CCN1C1CCN(Cc2ccc(Cl)cc2F)CC1. The molecule has 2 aliphatic rings. The third-order valence-corrected chi connectivity index (χ3v) is 7.50. The van der Waals surface area contributed by atoms with Gasteiger partial charge in [-0.25, -0.2) is 9.37 Å². The molecule has 4 N–H and O–H groups in total. The number of aromatic nitrogens is 1. The zero-order valence-electron chi connectivity index (χ0n) is 19.4. The minimum Gasteiger partial charge on any atom is -0.382 e. The molecule has 2 aromatic rings. The van der Waals surface area contributed by atoms with E-state index in [2.05, 4.69) is 31.7 Å². The molecule has 0 spiro atoms. The molecule has 0 unspecified atom stereocenters. The van der Waals surface area contributed by atoms with Gasteiger partial charge in [0.05, 0.1) is 5.02 Å². The van der Waals surface area contributed by atoms with E-state index >= 15 is 0 Å². The second kappa shape index (κ2) is 11.1. The molecule has 7 nitrogen and oxygen atoms in total. The molecule has 1 atom stereocenters. The Morgan fingerprint density at radius 1 is 1.18 bits per heavy atom. The normalized spacial score (nSPS) is 21.2. The number of piperazine rings is 1. The van der Waals surface area contributed by atoms with Gasteiger partial charge in [0, 0.05) is 60.6 Å². The van der Waals surface area contributed by atoms with Crippen molar-refractivity contribution >= 4 is 34.9 Å². The number of pyridine rings is 1. The van der Waals surface area contributed by atoms with Crippen molar-refractivity contribution in [2.24, 2.45) is 16.7 Å². The second-order valence-electron chi connectivity index (χ2n) is 9.03. The Balaban J connectivity index is 1.35. The van der Waals surface area contributed by atoms with Gasteiger partial charge in [-0.1, -0.05) is 36.2 Å². The van der Waals surface area contributed by atoms with Crippen LogP contribution in [0.3, 0.4) is 0 Å². The van der Waals surface area contributed by atoms with E-state index in [0.29, 0.717) is 39.8 Å². The van der Waals surface area contributed by atoms with Gasteiger partial charge in [0.15, 0.2) is 5.84 Å². The molecular formula is C24H32Cl2FN7. The predicted molar refractivity (Wildman–Crippen MR) is 137 cm³/mol. The summed E-state index contributed by atoms with van der Waals surface area (Å²) in [7, 11) is 0. The molecule has 1 aromatic heterocycles. The van der Waals surface area contributed by atoms with E-state index in [-0.39, 0.29) is 11.7 Å². The molecule has 1 aromatic carbocycles. The van der Waals surface area contributed by atoms with Gasteiger partial charge in [0.2, 0.25) is 0 Å². The van der Waals surface area contributed by atoms with Gasteiger partial charge in [-0.05, 0) is 50.6 Å². The summed E-state index contributed by atoms with van der Waals surface area (Å²) in [6.07, 6.45) is 4.88. The maximum Gasteiger partial charge on any atom is 0.151 e. The van der Waals surface area contributed by atoms with Crippen molar-refractivity contribution in [3.8, 4) is 0 Å². The Morgan fingerprint density at radius 3 is 2.59 bits per heavy atom. The lowest BCUT2D eigenvalue weighted by Crippen LogP contribution is -2.58. The fourth-order valence-electron chi connectivity index (χ4n) is 5.08. The minimum atomic E-state index is -0.227. The van der Waals surface area contributed by atoms with Crippen molar-refractivity contribution in [2.75, 3.05) is 37.6 Å². The first-order chi connectivity index (χ1) is 16.4. The van der Waals surface area contributed by atoms with Crippen LogP contribution in [0.4, 0.5) is 10.2 Å². The second-order valence-corrected chi connectivity index (χ2v) is 9.88. The predicted octanol–water partition coefficient (Wildman–Crippen LogP) is 3.67. The van der Waals surface area contributed by atoms with Crippen LogP contribution in [0.5, 0.6) is 0 Å². The van der Waals surface area contributed by atoms with Crippen molar-refractivity contribution < 1.29 is 4.39 Å².